The number of benzene rings is 2. The van der Waals surface area contributed by atoms with Gasteiger partial charge in [-0.3, -0.25) is 4.79 Å². The van der Waals surface area contributed by atoms with Crippen LogP contribution in [0.15, 0.2) is 36.4 Å². The summed E-state index contributed by atoms with van der Waals surface area (Å²) in [6.07, 6.45) is 0. The molecule has 0 aliphatic heterocycles. The lowest BCUT2D eigenvalue weighted by atomic mass is 10.1. The minimum absolute atomic E-state index is 0.205. The van der Waals surface area contributed by atoms with E-state index in [1.165, 1.54) is 0 Å². The Morgan fingerprint density at radius 1 is 1.16 bits per heavy atom. The highest BCUT2D eigenvalue weighted by Crippen LogP contribution is 2.29. The molecule has 0 saturated heterocycles. The summed E-state index contributed by atoms with van der Waals surface area (Å²) in [5, 5.41) is 2.91. The van der Waals surface area contributed by atoms with Crippen molar-refractivity contribution < 1.29 is 14.3 Å². The van der Waals surface area contributed by atoms with Crippen LogP contribution in [0.25, 0.3) is 11.0 Å². The van der Waals surface area contributed by atoms with Gasteiger partial charge in [0.1, 0.15) is 17.3 Å². The average molecular weight is 339 g/mol. The Bertz CT molecular complexity index is 906. The van der Waals surface area contributed by atoms with E-state index in [4.69, 9.17) is 9.47 Å². The zero-order valence-corrected chi connectivity index (χ0v) is 14.8. The molecule has 25 heavy (non-hydrogen) atoms. The molecule has 0 atom stereocenters. The van der Waals surface area contributed by atoms with Crippen molar-refractivity contribution in [3.05, 3.63) is 53.3 Å². The largest absolute Gasteiger partial charge is 0.496 e. The number of nitrogens with zero attached hydrogens (tertiary/aromatic N) is 2. The van der Waals surface area contributed by atoms with Gasteiger partial charge in [0.05, 0.1) is 31.8 Å². The average Bonchev–Trinajstić information content (AvgIpc) is 2.96. The highest BCUT2D eigenvalue weighted by Gasteiger charge is 2.14. The molecule has 1 amide bonds. The SMILES string of the molecule is COc1cc(C(=O)NCc2nc3ccccc3n2C)cc(OC)c1C. The third-order valence-corrected chi connectivity index (χ3v) is 4.30. The van der Waals surface area contributed by atoms with Gasteiger partial charge >= 0.3 is 0 Å². The number of amides is 1. The number of nitrogens with one attached hydrogen (secondary N) is 1. The normalized spacial score (nSPS) is 10.7. The number of carbonyl (C=O) groups is 1. The van der Waals surface area contributed by atoms with Crippen LogP contribution < -0.4 is 14.8 Å². The molecule has 1 N–H and O–H groups in total. The quantitative estimate of drug-likeness (QED) is 0.776. The van der Waals surface area contributed by atoms with Crippen molar-refractivity contribution in [2.75, 3.05) is 14.2 Å². The van der Waals surface area contributed by atoms with Gasteiger partial charge < -0.3 is 19.4 Å². The minimum atomic E-state index is -0.205. The second-order valence-electron chi connectivity index (χ2n) is 5.76. The van der Waals surface area contributed by atoms with Gasteiger partial charge in [0.2, 0.25) is 0 Å². The Morgan fingerprint density at radius 3 is 2.40 bits per heavy atom. The molecule has 0 bridgehead atoms. The summed E-state index contributed by atoms with van der Waals surface area (Å²) >= 11 is 0. The minimum Gasteiger partial charge on any atom is -0.496 e. The van der Waals surface area contributed by atoms with Gasteiger partial charge in [0, 0.05) is 18.2 Å². The van der Waals surface area contributed by atoms with E-state index in [1.807, 2.05) is 42.8 Å². The van der Waals surface area contributed by atoms with E-state index in [1.54, 1.807) is 26.4 Å². The lowest BCUT2D eigenvalue weighted by Gasteiger charge is -2.12. The first-order valence-electron chi connectivity index (χ1n) is 7.96. The van der Waals surface area contributed by atoms with Crippen LogP contribution in [0.2, 0.25) is 0 Å². The van der Waals surface area contributed by atoms with Crippen LogP contribution in [0.4, 0.5) is 0 Å². The molecule has 0 saturated carbocycles. The molecule has 6 heteroatoms. The monoisotopic (exact) mass is 339 g/mol. The number of imidazole rings is 1. The van der Waals surface area contributed by atoms with Crippen molar-refractivity contribution >= 4 is 16.9 Å². The van der Waals surface area contributed by atoms with Crippen LogP contribution in [-0.4, -0.2) is 29.7 Å². The summed E-state index contributed by atoms with van der Waals surface area (Å²) in [6.45, 7) is 2.22. The topological polar surface area (TPSA) is 65.4 Å². The highest BCUT2D eigenvalue weighted by molar-refractivity contribution is 5.95. The van der Waals surface area contributed by atoms with E-state index in [2.05, 4.69) is 10.3 Å². The van der Waals surface area contributed by atoms with Crippen LogP contribution in [0.1, 0.15) is 21.7 Å². The van der Waals surface area contributed by atoms with Crippen LogP contribution in [0, 0.1) is 6.92 Å². The first-order chi connectivity index (χ1) is 12.0. The standard InChI is InChI=1S/C19H21N3O3/c1-12-16(24-3)9-13(10-17(12)25-4)19(23)20-11-18-21-14-7-5-6-8-15(14)22(18)2/h5-10H,11H2,1-4H3,(H,20,23). The second-order valence-corrected chi connectivity index (χ2v) is 5.76. The molecule has 6 nitrogen and oxygen atoms in total. The molecule has 1 heterocycles. The summed E-state index contributed by atoms with van der Waals surface area (Å²) in [4.78, 5) is 17.1. The third-order valence-electron chi connectivity index (χ3n) is 4.30. The predicted molar refractivity (Wildman–Crippen MR) is 96.2 cm³/mol. The van der Waals surface area contributed by atoms with Gasteiger partial charge in [-0.1, -0.05) is 12.1 Å². The molecular weight excluding hydrogens is 318 g/mol. The second kappa shape index (κ2) is 6.84. The molecule has 1 aromatic heterocycles. The Balaban J connectivity index is 1.81. The molecule has 0 fully saturated rings. The van der Waals surface area contributed by atoms with Crippen molar-refractivity contribution in [1.29, 1.82) is 0 Å². The summed E-state index contributed by atoms with van der Waals surface area (Å²) in [5.74, 6) is 1.82. The highest BCUT2D eigenvalue weighted by atomic mass is 16.5. The number of ether oxygens (including phenoxy) is 2. The van der Waals surface area contributed by atoms with Crippen LogP contribution in [0.3, 0.4) is 0 Å². The van der Waals surface area contributed by atoms with Gasteiger partial charge in [0.15, 0.2) is 0 Å². The van der Waals surface area contributed by atoms with Crippen molar-refractivity contribution in [3.63, 3.8) is 0 Å². The van der Waals surface area contributed by atoms with Crippen LogP contribution in [0.5, 0.6) is 11.5 Å². The fraction of sp³-hybridized carbons (Fsp3) is 0.263. The number of methoxy groups -OCH3 is 2. The molecule has 130 valence electrons. The Hall–Kier alpha value is -3.02. The number of fused-ring (bicyclic) bond motifs is 1. The van der Waals surface area contributed by atoms with Gasteiger partial charge in [-0.25, -0.2) is 4.98 Å². The Labute approximate surface area is 146 Å². The van der Waals surface area contributed by atoms with E-state index in [0.29, 0.717) is 23.6 Å². The summed E-state index contributed by atoms with van der Waals surface area (Å²) in [5.41, 5.74) is 3.29. The van der Waals surface area contributed by atoms with Gasteiger partial charge in [-0.05, 0) is 31.2 Å². The van der Waals surface area contributed by atoms with E-state index in [9.17, 15) is 4.79 Å². The molecule has 3 rings (SSSR count). The molecule has 0 unspecified atom stereocenters. The maximum absolute atomic E-state index is 12.5. The predicted octanol–water partition coefficient (Wildman–Crippen LogP) is 2.83. The summed E-state index contributed by atoms with van der Waals surface area (Å²) in [7, 11) is 5.08. The first-order valence-corrected chi connectivity index (χ1v) is 7.96. The Morgan fingerprint density at radius 2 is 1.80 bits per heavy atom. The molecule has 3 aromatic rings. The molecule has 2 aromatic carbocycles. The lowest BCUT2D eigenvalue weighted by Crippen LogP contribution is -2.24. The molecule has 0 spiro atoms. The van der Waals surface area contributed by atoms with Crippen molar-refractivity contribution in [2.45, 2.75) is 13.5 Å². The lowest BCUT2D eigenvalue weighted by molar-refractivity contribution is 0.0949. The van der Waals surface area contributed by atoms with Crippen molar-refractivity contribution in [3.8, 4) is 11.5 Å². The van der Waals surface area contributed by atoms with Crippen LogP contribution in [-0.2, 0) is 13.6 Å². The van der Waals surface area contributed by atoms with E-state index in [0.717, 1.165) is 22.4 Å². The van der Waals surface area contributed by atoms with Gasteiger partial charge in [-0.15, -0.1) is 0 Å². The summed E-state index contributed by atoms with van der Waals surface area (Å²) < 4.78 is 12.6. The zero-order valence-electron chi connectivity index (χ0n) is 14.8. The van der Waals surface area contributed by atoms with Crippen molar-refractivity contribution in [1.82, 2.24) is 14.9 Å². The smallest absolute Gasteiger partial charge is 0.251 e. The van der Waals surface area contributed by atoms with E-state index >= 15 is 0 Å². The number of hydrogen-bond donors (Lipinski definition) is 1. The number of aromatic nitrogens is 2. The number of rotatable bonds is 5. The van der Waals surface area contributed by atoms with E-state index in [-0.39, 0.29) is 5.91 Å². The molecule has 0 radical (unpaired) electrons. The number of aryl methyl sites for hydroxylation is 1. The maximum atomic E-state index is 12.5. The third kappa shape index (κ3) is 3.15. The number of hydrogen-bond acceptors (Lipinski definition) is 4. The summed E-state index contributed by atoms with van der Waals surface area (Å²) in [6, 6.07) is 11.3. The van der Waals surface area contributed by atoms with Crippen LogP contribution >= 0.6 is 0 Å². The van der Waals surface area contributed by atoms with E-state index < -0.39 is 0 Å². The number of para-hydroxylation sites is 2. The van der Waals surface area contributed by atoms with Crippen molar-refractivity contribution in [2.24, 2.45) is 7.05 Å². The van der Waals surface area contributed by atoms with Gasteiger partial charge in [0.25, 0.3) is 5.91 Å². The maximum Gasteiger partial charge on any atom is 0.251 e. The van der Waals surface area contributed by atoms with Gasteiger partial charge in [-0.2, -0.15) is 0 Å². The molecular formula is C19H21N3O3. The zero-order chi connectivity index (χ0) is 18.0. The Kier molecular flexibility index (Phi) is 4.61. The first kappa shape index (κ1) is 16.8. The molecule has 0 aliphatic rings. The fourth-order valence-corrected chi connectivity index (χ4v) is 2.83. The number of carbonyl (C=O) groups excluding carboxylic acids is 1. The fourth-order valence-electron chi connectivity index (χ4n) is 2.83. The molecule has 0 aliphatic carbocycles.